The van der Waals surface area contributed by atoms with Crippen LogP contribution in [-0.2, 0) is 0 Å². The molecule has 2 aromatic rings. The van der Waals surface area contributed by atoms with Crippen molar-refractivity contribution in [2.24, 2.45) is 0 Å². The van der Waals surface area contributed by atoms with Gasteiger partial charge in [0, 0.05) is 18.0 Å². The maximum absolute atomic E-state index is 10.5. The van der Waals surface area contributed by atoms with Crippen molar-refractivity contribution in [3.05, 3.63) is 29.9 Å². The molecule has 0 amide bonds. The van der Waals surface area contributed by atoms with E-state index in [1.807, 2.05) is 6.92 Å². The Hall–Kier alpha value is -2.24. The monoisotopic (exact) mass is 205 g/mol. The SMILES string of the molecule is Cc1cnccc1-c1nnc(C(=O)O)o1. The lowest BCUT2D eigenvalue weighted by atomic mass is 10.2. The summed E-state index contributed by atoms with van der Waals surface area (Å²) in [5.41, 5.74) is 1.53. The van der Waals surface area contributed by atoms with Gasteiger partial charge in [0.2, 0.25) is 5.89 Å². The molecular formula is C9H7N3O3. The van der Waals surface area contributed by atoms with E-state index in [4.69, 9.17) is 9.52 Å². The molecule has 6 heteroatoms. The van der Waals surface area contributed by atoms with Crippen molar-refractivity contribution in [1.29, 1.82) is 0 Å². The van der Waals surface area contributed by atoms with Gasteiger partial charge in [-0.15, -0.1) is 10.2 Å². The van der Waals surface area contributed by atoms with Crippen molar-refractivity contribution in [3.63, 3.8) is 0 Å². The van der Waals surface area contributed by atoms with Crippen LogP contribution in [0.1, 0.15) is 16.2 Å². The average molecular weight is 205 g/mol. The third kappa shape index (κ3) is 1.69. The lowest BCUT2D eigenvalue weighted by Gasteiger charge is -1.97. The molecule has 0 spiro atoms. The number of aromatic carboxylic acids is 1. The molecule has 0 bridgehead atoms. The van der Waals surface area contributed by atoms with E-state index >= 15 is 0 Å². The minimum absolute atomic E-state index is 0.187. The smallest absolute Gasteiger partial charge is 0.393 e. The van der Waals surface area contributed by atoms with Gasteiger partial charge in [0.25, 0.3) is 0 Å². The predicted molar refractivity (Wildman–Crippen MR) is 49.2 cm³/mol. The summed E-state index contributed by atoms with van der Waals surface area (Å²) in [5, 5.41) is 15.6. The molecule has 0 aromatic carbocycles. The van der Waals surface area contributed by atoms with E-state index in [1.54, 1.807) is 18.5 Å². The van der Waals surface area contributed by atoms with Gasteiger partial charge >= 0.3 is 11.9 Å². The van der Waals surface area contributed by atoms with Crippen molar-refractivity contribution < 1.29 is 14.3 Å². The fraction of sp³-hybridized carbons (Fsp3) is 0.111. The summed E-state index contributed by atoms with van der Waals surface area (Å²) >= 11 is 0. The van der Waals surface area contributed by atoms with E-state index < -0.39 is 11.9 Å². The van der Waals surface area contributed by atoms with Crippen molar-refractivity contribution in [2.75, 3.05) is 0 Å². The van der Waals surface area contributed by atoms with E-state index in [-0.39, 0.29) is 5.89 Å². The molecule has 2 aromatic heterocycles. The Bertz CT molecular complexity index is 507. The van der Waals surface area contributed by atoms with Crippen LogP contribution in [0.4, 0.5) is 0 Å². The number of nitrogens with zero attached hydrogens (tertiary/aromatic N) is 3. The Balaban J connectivity index is 2.46. The summed E-state index contributed by atoms with van der Waals surface area (Å²) in [6.07, 6.45) is 3.22. The van der Waals surface area contributed by atoms with Crippen LogP contribution >= 0.6 is 0 Å². The predicted octanol–water partition coefficient (Wildman–Crippen LogP) is 1.14. The summed E-state index contributed by atoms with van der Waals surface area (Å²) in [7, 11) is 0. The van der Waals surface area contributed by atoms with Crippen LogP contribution < -0.4 is 0 Å². The Morgan fingerprint density at radius 3 is 2.87 bits per heavy atom. The molecule has 2 rings (SSSR count). The molecule has 0 aliphatic carbocycles. The molecular weight excluding hydrogens is 198 g/mol. The van der Waals surface area contributed by atoms with Crippen LogP contribution in [0.15, 0.2) is 22.9 Å². The van der Waals surface area contributed by atoms with Crippen LogP contribution in [0.2, 0.25) is 0 Å². The Labute approximate surface area is 84.6 Å². The summed E-state index contributed by atoms with van der Waals surface area (Å²) < 4.78 is 4.96. The lowest BCUT2D eigenvalue weighted by molar-refractivity contribution is 0.0654. The molecule has 76 valence electrons. The zero-order valence-electron chi connectivity index (χ0n) is 7.84. The number of aryl methyl sites for hydroxylation is 1. The Kier molecular flexibility index (Phi) is 2.17. The first-order chi connectivity index (χ1) is 7.18. The van der Waals surface area contributed by atoms with E-state index in [0.717, 1.165) is 5.56 Å². The number of hydrogen-bond acceptors (Lipinski definition) is 5. The molecule has 6 nitrogen and oxygen atoms in total. The highest BCUT2D eigenvalue weighted by Crippen LogP contribution is 2.20. The third-order valence-corrected chi connectivity index (χ3v) is 1.86. The Morgan fingerprint density at radius 1 is 1.47 bits per heavy atom. The second kappa shape index (κ2) is 3.49. The van der Waals surface area contributed by atoms with Gasteiger partial charge in [0.05, 0.1) is 0 Å². The lowest BCUT2D eigenvalue weighted by Crippen LogP contribution is -1.95. The number of hydrogen-bond donors (Lipinski definition) is 1. The maximum Gasteiger partial charge on any atom is 0.393 e. The molecule has 0 unspecified atom stereocenters. The van der Waals surface area contributed by atoms with Crippen molar-refractivity contribution >= 4 is 5.97 Å². The summed E-state index contributed by atoms with van der Waals surface area (Å²) in [5.74, 6) is -1.46. The van der Waals surface area contributed by atoms with Crippen LogP contribution in [0, 0.1) is 6.92 Å². The van der Waals surface area contributed by atoms with Crippen LogP contribution in [0.3, 0.4) is 0 Å². The molecule has 0 aliphatic heterocycles. The van der Waals surface area contributed by atoms with Crippen LogP contribution in [-0.4, -0.2) is 26.3 Å². The highest BCUT2D eigenvalue weighted by Gasteiger charge is 2.15. The number of carboxylic acid groups (broad SMARTS) is 1. The zero-order valence-corrected chi connectivity index (χ0v) is 7.84. The van der Waals surface area contributed by atoms with Crippen molar-refractivity contribution in [2.45, 2.75) is 6.92 Å². The second-order valence-corrected chi connectivity index (χ2v) is 2.91. The molecule has 0 atom stereocenters. The van der Waals surface area contributed by atoms with Gasteiger partial charge in [0.1, 0.15) is 0 Å². The van der Waals surface area contributed by atoms with E-state index in [2.05, 4.69) is 15.2 Å². The standard InChI is InChI=1S/C9H7N3O3/c1-5-4-10-3-2-6(5)7-11-12-8(15-7)9(13)14/h2-4H,1H3,(H,13,14). The number of pyridine rings is 1. The molecule has 15 heavy (non-hydrogen) atoms. The van der Waals surface area contributed by atoms with Gasteiger partial charge in [-0.2, -0.15) is 0 Å². The quantitative estimate of drug-likeness (QED) is 0.790. The van der Waals surface area contributed by atoms with Gasteiger partial charge in [-0.25, -0.2) is 4.79 Å². The summed E-state index contributed by atoms with van der Waals surface area (Å²) in [4.78, 5) is 14.4. The third-order valence-electron chi connectivity index (χ3n) is 1.86. The minimum Gasteiger partial charge on any atom is -0.474 e. The van der Waals surface area contributed by atoms with E-state index in [0.29, 0.717) is 5.56 Å². The minimum atomic E-state index is -1.24. The average Bonchev–Trinajstić information content (AvgIpc) is 2.67. The number of carboxylic acids is 1. The molecule has 0 fully saturated rings. The van der Waals surface area contributed by atoms with Crippen molar-refractivity contribution in [1.82, 2.24) is 15.2 Å². The van der Waals surface area contributed by atoms with Gasteiger partial charge in [0.15, 0.2) is 0 Å². The first-order valence-electron chi connectivity index (χ1n) is 4.16. The normalized spacial score (nSPS) is 10.2. The van der Waals surface area contributed by atoms with Gasteiger partial charge in [-0.1, -0.05) is 0 Å². The maximum atomic E-state index is 10.5. The molecule has 0 aliphatic rings. The highest BCUT2D eigenvalue weighted by atomic mass is 16.4. The highest BCUT2D eigenvalue weighted by molar-refractivity contribution is 5.82. The number of aromatic nitrogens is 3. The fourth-order valence-corrected chi connectivity index (χ4v) is 1.13. The van der Waals surface area contributed by atoms with Gasteiger partial charge in [-0.05, 0) is 18.6 Å². The van der Waals surface area contributed by atoms with Gasteiger partial charge in [-0.3, -0.25) is 4.98 Å². The second-order valence-electron chi connectivity index (χ2n) is 2.91. The van der Waals surface area contributed by atoms with Gasteiger partial charge < -0.3 is 9.52 Å². The molecule has 0 saturated heterocycles. The largest absolute Gasteiger partial charge is 0.474 e. The molecule has 2 heterocycles. The molecule has 1 N–H and O–H groups in total. The van der Waals surface area contributed by atoms with E-state index in [9.17, 15) is 4.79 Å². The number of rotatable bonds is 2. The number of carbonyl (C=O) groups is 1. The Morgan fingerprint density at radius 2 is 2.27 bits per heavy atom. The zero-order chi connectivity index (χ0) is 10.8. The van der Waals surface area contributed by atoms with Crippen LogP contribution in [0.5, 0.6) is 0 Å². The first kappa shape index (κ1) is 9.32. The first-order valence-corrected chi connectivity index (χ1v) is 4.16. The van der Waals surface area contributed by atoms with Crippen molar-refractivity contribution in [3.8, 4) is 11.5 Å². The molecule has 0 radical (unpaired) electrons. The summed E-state index contributed by atoms with van der Waals surface area (Å²) in [6, 6.07) is 1.69. The van der Waals surface area contributed by atoms with E-state index in [1.165, 1.54) is 0 Å². The summed E-state index contributed by atoms with van der Waals surface area (Å²) in [6.45, 7) is 1.83. The molecule has 0 saturated carbocycles. The fourth-order valence-electron chi connectivity index (χ4n) is 1.13. The topological polar surface area (TPSA) is 89.1 Å². The van der Waals surface area contributed by atoms with Crippen LogP contribution in [0.25, 0.3) is 11.5 Å².